The lowest BCUT2D eigenvalue weighted by Crippen LogP contribution is -2.38. The molecule has 16 heavy (non-hydrogen) atoms. The zero-order chi connectivity index (χ0) is 12.0. The summed E-state index contributed by atoms with van der Waals surface area (Å²) in [6.45, 7) is 4.16. The van der Waals surface area contributed by atoms with Gasteiger partial charge in [0.25, 0.3) is 5.56 Å². The Labute approximate surface area is 95.3 Å². The topological polar surface area (TPSA) is 51.1 Å². The van der Waals surface area contributed by atoms with Crippen LogP contribution in [0.15, 0.2) is 29.2 Å². The number of hydrogen-bond acceptors (Lipinski definition) is 2. The van der Waals surface area contributed by atoms with Gasteiger partial charge in [0.05, 0.1) is 0 Å². The summed E-state index contributed by atoms with van der Waals surface area (Å²) in [5.41, 5.74) is -0.151. The van der Waals surface area contributed by atoms with Crippen molar-refractivity contribution in [1.82, 2.24) is 9.88 Å². The first-order valence-corrected chi connectivity index (χ1v) is 5.62. The van der Waals surface area contributed by atoms with Gasteiger partial charge >= 0.3 is 0 Å². The third-order valence-corrected chi connectivity index (χ3v) is 2.56. The molecule has 0 spiro atoms. The molecule has 0 bridgehead atoms. The van der Waals surface area contributed by atoms with Gasteiger partial charge in [-0.25, -0.2) is 0 Å². The molecule has 1 aromatic rings. The molecular weight excluding hydrogens is 204 g/mol. The van der Waals surface area contributed by atoms with Crippen LogP contribution >= 0.6 is 0 Å². The quantitative estimate of drug-likeness (QED) is 0.812. The number of rotatable bonds is 5. The average Bonchev–Trinajstić information content (AvgIpc) is 2.29. The van der Waals surface area contributed by atoms with Gasteiger partial charge < -0.3 is 9.88 Å². The van der Waals surface area contributed by atoms with E-state index in [0.717, 1.165) is 12.8 Å². The molecule has 0 radical (unpaired) electrons. The molecule has 1 N–H and O–H groups in total. The highest BCUT2D eigenvalue weighted by Gasteiger charge is 2.08. The van der Waals surface area contributed by atoms with Gasteiger partial charge in [0.1, 0.15) is 6.54 Å². The number of pyridine rings is 1. The van der Waals surface area contributed by atoms with Crippen LogP contribution in [0.25, 0.3) is 0 Å². The van der Waals surface area contributed by atoms with E-state index in [4.69, 9.17) is 0 Å². The number of aromatic nitrogens is 1. The predicted octanol–water partition coefficient (Wildman–Crippen LogP) is 1.15. The van der Waals surface area contributed by atoms with Gasteiger partial charge in [-0.2, -0.15) is 0 Å². The maximum atomic E-state index is 11.6. The lowest BCUT2D eigenvalue weighted by molar-refractivity contribution is -0.122. The molecule has 4 heteroatoms. The maximum absolute atomic E-state index is 11.6. The van der Waals surface area contributed by atoms with Crippen LogP contribution < -0.4 is 10.9 Å². The number of carbonyl (C=O) groups excluding carboxylic acids is 1. The summed E-state index contributed by atoms with van der Waals surface area (Å²) in [4.78, 5) is 23.0. The molecule has 4 nitrogen and oxygen atoms in total. The van der Waals surface area contributed by atoms with Crippen LogP contribution in [0.2, 0.25) is 0 Å². The fraction of sp³-hybridized carbons (Fsp3) is 0.500. The summed E-state index contributed by atoms with van der Waals surface area (Å²) in [7, 11) is 0. The van der Waals surface area contributed by atoms with Gasteiger partial charge in [0.2, 0.25) is 5.91 Å². The van der Waals surface area contributed by atoms with E-state index in [9.17, 15) is 9.59 Å². The Morgan fingerprint density at radius 1 is 1.38 bits per heavy atom. The van der Waals surface area contributed by atoms with E-state index in [1.54, 1.807) is 18.3 Å². The van der Waals surface area contributed by atoms with Crippen molar-refractivity contribution in [2.45, 2.75) is 39.3 Å². The predicted molar refractivity (Wildman–Crippen MR) is 63.2 cm³/mol. The Balaban J connectivity index is 2.58. The summed E-state index contributed by atoms with van der Waals surface area (Å²) in [6.07, 6.45) is 3.44. The van der Waals surface area contributed by atoms with Crippen LogP contribution in [0.3, 0.4) is 0 Å². The van der Waals surface area contributed by atoms with Crippen molar-refractivity contribution in [1.29, 1.82) is 0 Å². The first-order chi connectivity index (χ1) is 7.67. The van der Waals surface area contributed by atoms with Crippen LogP contribution in [0.5, 0.6) is 0 Å². The molecular formula is C12H18N2O2. The summed E-state index contributed by atoms with van der Waals surface area (Å²) >= 11 is 0. The summed E-state index contributed by atoms with van der Waals surface area (Å²) in [5.74, 6) is -0.109. The molecule has 0 saturated carbocycles. The molecule has 1 aromatic heterocycles. The van der Waals surface area contributed by atoms with Crippen LogP contribution in [0.1, 0.15) is 26.7 Å². The van der Waals surface area contributed by atoms with Crippen molar-refractivity contribution in [2.75, 3.05) is 0 Å². The molecule has 88 valence electrons. The van der Waals surface area contributed by atoms with Gasteiger partial charge in [0.15, 0.2) is 0 Å². The van der Waals surface area contributed by atoms with Crippen molar-refractivity contribution < 1.29 is 4.79 Å². The smallest absolute Gasteiger partial charge is 0.250 e. The van der Waals surface area contributed by atoms with Crippen molar-refractivity contribution in [3.8, 4) is 0 Å². The summed E-state index contributed by atoms with van der Waals surface area (Å²) in [5, 5.41) is 2.89. The zero-order valence-electron chi connectivity index (χ0n) is 9.77. The maximum Gasteiger partial charge on any atom is 0.250 e. The van der Waals surface area contributed by atoms with E-state index in [2.05, 4.69) is 5.32 Å². The van der Waals surface area contributed by atoms with E-state index >= 15 is 0 Å². The van der Waals surface area contributed by atoms with E-state index in [1.165, 1.54) is 10.6 Å². The second-order valence-corrected chi connectivity index (χ2v) is 3.75. The summed E-state index contributed by atoms with van der Waals surface area (Å²) in [6, 6.07) is 5.06. The molecule has 0 atom stereocenters. The minimum atomic E-state index is -0.151. The minimum Gasteiger partial charge on any atom is -0.352 e. The lowest BCUT2D eigenvalue weighted by atomic mass is 10.2. The van der Waals surface area contributed by atoms with E-state index in [-0.39, 0.29) is 24.1 Å². The summed E-state index contributed by atoms with van der Waals surface area (Å²) < 4.78 is 1.40. The number of nitrogens with one attached hydrogen (secondary N) is 1. The monoisotopic (exact) mass is 222 g/mol. The molecule has 0 saturated heterocycles. The largest absolute Gasteiger partial charge is 0.352 e. The lowest BCUT2D eigenvalue weighted by Gasteiger charge is -2.15. The normalized spacial score (nSPS) is 10.4. The van der Waals surface area contributed by atoms with E-state index < -0.39 is 0 Å². The Morgan fingerprint density at radius 3 is 2.62 bits per heavy atom. The highest BCUT2D eigenvalue weighted by Crippen LogP contribution is 1.95. The standard InChI is InChI=1S/C12H18N2O2/c1-3-10(4-2)13-11(15)9-14-8-6-5-7-12(14)16/h5-8,10H,3-4,9H2,1-2H3,(H,13,15). The molecule has 0 unspecified atom stereocenters. The molecule has 0 aliphatic rings. The van der Waals surface area contributed by atoms with Crippen LogP contribution in [-0.2, 0) is 11.3 Å². The molecule has 1 amide bonds. The Bertz CT molecular complexity index is 394. The number of hydrogen-bond donors (Lipinski definition) is 1. The van der Waals surface area contributed by atoms with E-state index in [1.807, 2.05) is 13.8 Å². The van der Waals surface area contributed by atoms with Crippen molar-refractivity contribution in [3.63, 3.8) is 0 Å². The SMILES string of the molecule is CCC(CC)NC(=O)Cn1ccccc1=O. The average molecular weight is 222 g/mol. The minimum absolute atomic E-state index is 0.0934. The first kappa shape index (κ1) is 12.5. The van der Waals surface area contributed by atoms with Gasteiger partial charge in [-0.05, 0) is 18.9 Å². The molecule has 0 fully saturated rings. The molecule has 1 rings (SSSR count). The van der Waals surface area contributed by atoms with Crippen LogP contribution in [0.4, 0.5) is 0 Å². The Kier molecular flexibility index (Phi) is 4.76. The second-order valence-electron chi connectivity index (χ2n) is 3.75. The Hall–Kier alpha value is -1.58. The van der Waals surface area contributed by atoms with E-state index in [0.29, 0.717) is 0 Å². The Morgan fingerprint density at radius 2 is 2.06 bits per heavy atom. The second kappa shape index (κ2) is 6.10. The number of carbonyl (C=O) groups is 1. The molecule has 0 aliphatic carbocycles. The fourth-order valence-electron chi connectivity index (χ4n) is 1.51. The highest BCUT2D eigenvalue weighted by atomic mass is 16.2. The van der Waals surface area contributed by atoms with Gasteiger partial charge in [-0.1, -0.05) is 19.9 Å². The highest BCUT2D eigenvalue weighted by molar-refractivity contribution is 5.76. The number of nitrogens with zero attached hydrogens (tertiary/aromatic N) is 1. The van der Waals surface area contributed by atoms with Crippen molar-refractivity contribution >= 4 is 5.91 Å². The third kappa shape index (κ3) is 3.53. The molecule has 0 aliphatic heterocycles. The van der Waals surface area contributed by atoms with Gasteiger partial charge in [-0.15, -0.1) is 0 Å². The fourth-order valence-corrected chi connectivity index (χ4v) is 1.51. The molecule has 1 heterocycles. The third-order valence-electron chi connectivity index (χ3n) is 2.56. The first-order valence-electron chi connectivity index (χ1n) is 5.62. The van der Waals surface area contributed by atoms with Gasteiger partial charge in [0, 0.05) is 18.3 Å². The van der Waals surface area contributed by atoms with Crippen molar-refractivity contribution in [2.24, 2.45) is 0 Å². The van der Waals surface area contributed by atoms with Crippen molar-refractivity contribution in [3.05, 3.63) is 34.7 Å². The van der Waals surface area contributed by atoms with Gasteiger partial charge in [-0.3, -0.25) is 9.59 Å². The molecule has 0 aromatic carbocycles. The number of amides is 1. The zero-order valence-corrected chi connectivity index (χ0v) is 9.77. The van der Waals surface area contributed by atoms with Crippen LogP contribution in [0, 0.1) is 0 Å². The van der Waals surface area contributed by atoms with Crippen LogP contribution in [-0.4, -0.2) is 16.5 Å².